The van der Waals surface area contributed by atoms with Crippen molar-refractivity contribution in [3.8, 4) is 0 Å². The highest BCUT2D eigenvalue weighted by molar-refractivity contribution is 5.92. The van der Waals surface area contributed by atoms with Crippen molar-refractivity contribution in [1.29, 1.82) is 0 Å². The lowest BCUT2D eigenvalue weighted by molar-refractivity contribution is -0.127. The Morgan fingerprint density at radius 3 is 2.50 bits per heavy atom. The summed E-state index contributed by atoms with van der Waals surface area (Å²) in [7, 11) is 0. The molecule has 0 spiro atoms. The summed E-state index contributed by atoms with van der Waals surface area (Å²) in [4.78, 5) is 27.9. The van der Waals surface area contributed by atoms with Gasteiger partial charge >= 0.3 is 0 Å². The highest BCUT2D eigenvalue weighted by Crippen LogP contribution is 2.37. The van der Waals surface area contributed by atoms with Crippen molar-refractivity contribution in [3.05, 3.63) is 52.6 Å². The van der Waals surface area contributed by atoms with E-state index in [1.807, 2.05) is 11.1 Å². The van der Waals surface area contributed by atoms with Crippen LogP contribution in [0.5, 0.6) is 0 Å². The lowest BCUT2D eigenvalue weighted by Gasteiger charge is -2.36. The van der Waals surface area contributed by atoms with E-state index in [1.54, 1.807) is 17.9 Å². The van der Waals surface area contributed by atoms with Crippen LogP contribution in [0.3, 0.4) is 0 Å². The maximum atomic E-state index is 14.7. The summed E-state index contributed by atoms with van der Waals surface area (Å²) >= 11 is 0. The standard InChI is InChI=1S/C20H22FN3O2/c1-13(2)20(26)23-9-7-22(8-10-23)18-12-17-15(11-16(18)21)19(25)5-6-24(17)14-3-4-14/h5-6,11-12,14H,1,3-4,7-10H2,2H3. The summed E-state index contributed by atoms with van der Waals surface area (Å²) in [5, 5.41) is 0.428. The van der Waals surface area contributed by atoms with E-state index in [0.717, 1.165) is 18.4 Å². The van der Waals surface area contributed by atoms with E-state index in [2.05, 4.69) is 11.1 Å². The maximum Gasteiger partial charge on any atom is 0.249 e. The van der Waals surface area contributed by atoms with Crippen molar-refractivity contribution < 1.29 is 9.18 Å². The minimum atomic E-state index is -0.386. The SMILES string of the molecule is C=C(C)C(=O)N1CCN(c2cc3c(cc2F)c(=O)ccn3C2CC2)CC1. The molecule has 1 aromatic heterocycles. The zero-order valence-corrected chi connectivity index (χ0v) is 14.9. The number of rotatable bonds is 3. The number of pyridine rings is 1. The van der Waals surface area contributed by atoms with Gasteiger partial charge in [-0.3, -0.25) is 9.59 Å². The van der Waals surface area contributed by atoms with Gasteiger partial charge in [-0.1, -0.05) is 6.58 Å². The summed E-state index contributed by atoms with van der Waals surface area (Å²) in [6.45, 7) is 7.59. The molecule has 6 heteroatoms. The molecule has 1 amide bonds. The first kappa shape index (κ1) is 16.8. The average Bonchev–Trinajstić information content (AvgIpc) is 3.46. The first-order chi connectivity index (χ1) is 12.5. The molecule has 1 aliphatic carbocycles. The third-order valence-corrected chi connectivity index (χ3v) is 5.21. The van der Waals surface area contributed by atoms with Gasteiger partial charge in [-0.25, -0.2) is 4.39 Å². The molecule has 2 aromatic rings. The van der Waals surface area contributed by atoms with E-state index in [4.69, 9.17) is 0 Å². The second kappa shape index (κ2) is 6.27. The molecule has 1 aromatic carbocycles. The lowest BCUT2D eigenvalue weighted by Crippen LogP contribution is -2.49. The number of aromatic nitrogens is 1. The second-order valence-electron chi connectivity index (χ2n) is 7.20. The van der Waals surface area contributed by atoms with E-state index < -0.39 is 0 Å². The summed E-state index contributed by atoms with van der Waals surface area (Å²) in [6.07, 6.45) is 3.99. The van der Waals surface area contributed by atoms with Crippen molar-refractivity contribution in [2.24, 2.45) is 0 Å². The van der Waals surface area contributed by atoms with Gasteiger partial charge in [0.15, 0.2) is 5.43 Å². The van der Waals surface area contributed by atoms with Gasteiger partial charge in [0.25, 0.3) is 0 Å². The molecule has 136 valence electrons. The molecule has 0 atom stereocenters. The molecule has 0 unspecified atom stereocenters. The van der Waals surface area contributed by atoms with Crippen LogP contribution in [0, 0.1) is 5.82 Å². The number of carbonyl (C=O) groups is 1. The highest BCUT2D eigenvalue weighted by Gasteiger charge is 2.27. The third-order valence-electron chi connectivity index (χ3n) is 5.21. The first-order valence-corrected chi connectivity index (χ1v) is 9.00. The van der Waals surface area contributed by atoms with Gasteiger partial charge in [0, 0.05) is 55.4 Å². The van der Waals surface area contributed by atoms with Crippen molar-refractivity contribution in [1.82, 2.24) is 9.47 Å². The highest BCUT2D eigenvalue weighted by atomic mass is 19.1. The van der Waals surface area contributed by atoms with E-state index in [0.29, 0.717) is 48.9 Å². The smallest absolute Gasteiger partial charge is 0.249 e. The Morgan fingerprint density at radius 2 is 1.88 bits per heavy atom. The molecule has 2 heterocycles. The third kappa shape index (κ3) is 2.89. The Kier molecular flexibility index (Phi) is 4.05. The van der Waals surface area contributed by atoms with Gasteiger partial charge in [0.05, 0.1) is 11.2 Å². The van der Waals surface area contributed by atoms with Gasteiger partial charge in [0.1, 0.15) is 5.82 Å². The molecule has 5 nitrogen and oxygen atoms in total. The van der Waals surface area contributed by atoms with Gasteiger partial charge < -0.3 is 14.4 Å². The number of nitrogens with zero attached hydrogens (tertiary/aromatic N) is 3. The van der Waals surface area contributed by atoms with Crippen LogP contribution >= 0.6 is 0 Å². The van der Waals surface area contributed by atoms with E-state index >= 15 is 0 Å². The van der Waals surface area contributed by atoms with Gasteiger partial charge in [-0.2, -0.15) is 0 Å². The fraction of sp³-hybridized carbons (Fsp3) is 0.400. The predicted molar refractivity (Wildman–Crippen MR) is 100 cm³/mol. The summed E-state index contributed by atoms with van der Waals surface area (Å²) in [5.41, 5.74) is 1.65. The number of carbonyl (C=O) groups excluding carboxylic acids is 1. The number of fused-ring (bicyclic) bond motifs is 1. The number of anilines is 1. The summed E-state index contributed by atoms with van der Waals surface area (Å²) < 4.78 is 16.8. The number of piperazine rings is 1. The largest absolute Gasteiger partial charge is 0.366 e. The first-order valence-electron chi connectivity index (χ1n) is 9.00. The Bertz CT molecular complexity index is 953. The molecule has 1 saturated carbocycles. The molecule has 2 aliphatic rings. The Labute approximate surface area is 151 Å². The summed E-state index contributed by atoms with van der Waals surface area (Å²) in [5.74, 6) is -0.436. The fourth-order valence-electron chi connectivity index (χ4n) is 3.61. The lowest BCUT2D eigenvalue weighted by atomic mass is 10.1. The predicted octanol–water partition coefficient (Wildman–Crippen LogP) is 2.70. The van der Waals surface area contributed by atoms with Gasteiger partial charge in [-0.15, -0.1) is 0 Å². The number of hydrogen-bond donors (Lipinski definition) is 0. The zero-order chi connectivity index (χ0) is 18.4. The second-order valence-corrected chi connectivity index (χ2v) is 7.20. The van der Waals surface area contributed by atoms with Crippen molar-refractivity contribution in [3.63, 3.8) is 0 Å². The van der Waals surface area contributed by atoms with Crippen LogP contribution in [0.1, 0.15) is 25.8 Å². The Hall–Kier alpha value is -2.63. The molecular formula is C20H22FN3O2. The van der Waals surface area contributed by atoms with E-state index in [9.17, 15) is 14.0 Å². The molecule has 0 N–H and O–H groups in total. The molecule has 1 saturated heterocycles. The van der Waals surface area contributed by atoms with Crippen molar-refractivity contribution >= 4 is 22.5 Å². The topological polar surface area (TPSA) is 45.6 Å². The fourth-order valence-corrected chi connectivity index (χ4v) is 3.61. The van der Waals surface area contributed by atoms with Crippen molar-refractivity contribution in [2.75, 3.05) is 31.1 Å². The minimum absolute atomic E-state index is 0.0498. The number of halogens is 1. The Morgan fingerprint density at radius 1 is 1.19 bits per heavy atom. The van der Waals surface area contributed by atoms with Crippen LogP contribution in [-0.4, -0.2) is 41.6 Å². The zero-order valence-electron chi connectivity index (χ0n) is 14.9. The maximum absolute atomic E-state index is 14.7. The van der Waals surface area contributed by atoms with Crippen LogP contribution in [0.25, 0.3) is 10.9 Å². The molecule has 0 radical (unpaired) electrons. The molecule has 1 aliphatic heterocycles. The van der Waals surface area contributed by atoms with E-state index in [1.165, 1.54) is 12.1 Å². The van der Waals surface area contributed by atoms with Gasteiger partial charge in [0.2, 0.25) is 5.91 Å². The van der Waals surface area contributed by atoms with Gasteiger partial charge in [-0.05, 0) is 31.9 Å². The van der Waals surface area contributed by atoms with Crippen LogP contribution in [-0.2, 0) is 4.79 Å². The monoisotopic (exact) mass is 355 g/mol. The molecule has 4 rings (SSSR count). The van der Waals surface area contributed by atoms with E-state index in [-0.39, 0.29) is 17.2 Å². The Balaban J connectivity index is 1.66. The van der Waals surface area contributed by atoms with Crippen LogP contribution < -0.4 is 10.3 Å². The normalized spacial score (nSPS) is 17.6. The van der Waals surface area contributed by atoms with Crippen molar-refractivity contribution in [2.45, 2.75) is 25.8 Å². The molecule has 0 bridgehead atoms. The quantitative estimate of drug-likeness (QED) is 0.796. The number of benzene rings is 1. The van der Waals surface area contributed by atoms with Crippen LogP contribution in [0.4, 0.5) is 10.1 Å². The minimum Gasteiger partial charge on any atom is -0.366 e. The number of hydrogen-bond acceptors (Lipinski definition) is 3. The molecule has 26 heavy (non-hydrogen) atoms. The van der Waals surface area contributed by atoms with Crippen LogP contribution in [0.2, 0.25) is 0 Å². The average molecular weight is 355 g/mol. The molecular weight excluding hydrogens is 333 g/mol. The number of amides is 1. The molecule has 2 fully saturated rings. The summed E-state index contributed by atoms with van der Waals surface area (Å²) in [6, 6.07) is 5.07. The van der Waals surface area contributed by atoms with Crippen LogP contribution in [0.15, 0.2) is 41.3 Å².